The van der Waals surface area contributed by atoms with Gasteiger partial charge in [-0.3, -0.25) is 9.89 Å². The number of hydrogen-bond donors (Lipinski definition) is 2. The second-order valence-corrected chi connectivity index (χ2v) is 6.04. The Bertz CT molecular complexity index is 355. The Morgan fingerprint density at radius 3 is 2.60 bits per heavy atom. The summed E-state index contributed by atoms with van der Waals surface area (Å²) in [5.74, 6) is 0.526. The van der Waals surface area contributed by atoms with E-state index in [9.17, 15) is 0 Å². The number of ether oxygens (including phenoxy) is 1. The molecule has 0 saturated carbocycles. The molecule has 5 heteroatoms. The molecule has 114 valence electrons. The summed E-state index contributed by atoms with van der Waals surface area (Å²) in [5, 5.41) is 3.11. The van der Waals surface area contributed by atoms with Crippen molar-refractivity contribution >= 4 is 5.96 Å². The predicted octanol–water partition coefficient (Wildman–Crippen LogP) is 1.11. The van der Waals surface area contributed by atoms with Crippen LogP contribution >= 0.6 is 0 Å². The van der Waals surface area contributed by atoms with Crippen LogP contribution in [0.3, 0.4) is 0 Å². The molecular formula is C15H28N4O. The summed E-state index contributed by atoms with van der Waals surface area (Å²) in [6.45, 7) is 11.3. The van der Waals surface area contributed by atoms with Gasteiger partial charge < -0.3 is 15.8 Å². The SMILES string of the molecule is C=C(C)CNC(N)=NCC1(N2CCCC2)CCOCC1. The zero-order valence-corrected chi connectivity index (χ0v) is 12.7. The van der Waals surface area contributed by atoms with Crippen LogP contribution in [0.2, 0.25) is 0 Å². The molecule has 0 bridgehead atoms. The molecule has 0 unspecified atom stereocenters. The van der Waals surface area contributed by atoms with Crippen LogP contribution < -0.4 is 11.1 Å². The average molecular weight is 280 g/mol. The van der Waals surface area contributed by atoms with E-state index in [1.165, 1.54) is 25.9 Å². The maximum atomic E-state index is 5.94. The van der Waals surface area contributed by atoms with Gasteiger partial charge >= 0.3 is 0 Å². The van der Waals surface area contributed by atoms with Crippen LogP contribution in [-0.4, -0.2) is 55.8 Å². The molecule has 0 aromatic heterocycles. The van der Waals surface area contributed by atoms with E-state index < -0.39 is 0 Å². The minimum absolute atomic E-state index is 0.157. The molecule has 0 aliphatic carbocycles. The summed E-state index contributed by atoms with van der Waals surface area (Å²) in [6, 6.07) is 0. The van der Waals surface area contributed by atoms with Gasteiger partial charge in [-0.25, -0.2) is 0 Å². The molecule has 20 heavy (non-hydrogen) atoms. The first kappa shape index (κ1) is 15.3. The molecule has 2 aliphatic rings. The molecule has 2 saturated heterocycles. The Labute approximate surface area is 122 Å². The topological polar surface area (TPSA) is 62.9 Å². The fourth-order valence-electron chi connectivity index (χ4n) is 3.05. The zero-order chi connectivity index (χ0) is 14.4. The Kier molecular flexibility index (Phi) is 5.43. The van der Waals surface area contributed by atoms with E-state index in [2.05, 4.69) is 21.8 Å². The maximum Gasteiger partial charge on any atom is 0.188 e. The molecule has 2 rings (SSSR count). The lowest BCUT2D eigenvalue weighted by Crippen LogP contribution is -2.53. The second kappa shape index (κ2) is 7.09. The molecule has 0 atom stereocenters. The zero-order valence-electron chi connectivity index (χ0n) is 12.7. The van der Waals surface area contributed by atoms with Crippen molar-refractivity contribution in [1.82, 2.24) is 10.2 Å². The highest BCUT2D eigenvalue weighted by atomic mass is 16.5. The lowest BCUT2D eigenvalue weighted by atomic mass is 9.88. The molecule has 0 spiro atoms. The minimum Gasteiger partial charge on any atom is -0.381 e. The number of hydrogen-bond acceptors (Lipinski definition) is 3. The first-order valence-corrected chi connectivity index (χ1v) is 7.63. The summed E-state index contributed by atoms with van der Waals surface area (Å²) in [5.41, 5.74) is 7.16. The van der Waals surface area contributed by atoms with Crippen molar-refractivity contribution in [2.75, 3.05) is 39.4 Å². The number of rotatable bonds is 5. The molecule has 0 amide bonds. The van der Waals surface area contributed by atoms with Crippen LogP contribution in [0.5, 0.6) is 0 Å². The Hall–Kier alpha value is -1.07. The average Bonchev–Trinajstić information content (AvgIpc) is 2.98. The number of guanidine groups is 1. The standard InChI is InChI=1S/C15H28N4O/c1-13(2)11-17-14(16)18-12-15(5-9-20-10-6-15)19-7-3-4-8-19/h1,3-12H2,2H3,(H3,16,17,18). The summed E-state index contributed by atoms with van der Waals surface area (Å²) >= 11 is 0. The number of nitrogens with one attached hydrogen (secondary N) is 1. The smallest absolute Gasteiger partial charge is 0.188 e. The summed E-state index contributed by atoms with van der Waals surface area (Å²) in [7, 11) is 0. The molecule has 0 aromatic rings. The van der Waals surface area contributed by atoms with Gasteiger partial charge in [0, 0.05) is 25.3 Å². The third kappa shape index (κ3) is 3.96. The van der Waals surface area contributed by atoms with E-state index in [1.807, 2.05) is 6.92 Å². The molecule has 0 radical (unpaired) electrons. The van der Waals surface area contributed by atoms with Crippen molar-refractivity contribution in [3.63, 3.8) is 0 Å². The van der Waals surface area contributed by atoms with Gasteiger partial charge in [0.1, 0.15) is 0 Å². The highest BCUT2D eigenvalue weighted by Gasteiger charge is 2.39. The maximum absolute atomic E-state index is 5.94. The fraction of sp³-hybridized carbons (Fsp3) is 0.800. The van der Waals surface area contributed by atoms with E-state index in [0.717, 1.165) is 38.2 Å². The van der Waals surface area contributed by atoms with E-state index in [1.54, 1.807) is 0 Å². The van der Waals surface area contributed by atoms with Gasteiger partial charge in [-0.1, -0.05) is 12.2 Å². The largest absolute Gasteiger partial charge is 0.381 e. The Morgan fingerprint density at radius 1 is 1.35 bits per heavy atom. The van der Waals surface area contributed by atoms with Crippen LogP contribution in [0.1, 0.15) is 32.6 Å². The van der Waals surface area contributed by atoms with Crippen molar-refractivity contribution in [3.05, 3.63) is 12.2 Å². The van der Waals surface area contributed by atoms with Gasteiger partial charge in [-0.05, 0) is 45.7 Å². The van der Waals surface area contributed by atoms with E-state index in [4.69, 9.17) is 10.5 Å². The van der Waals surface area contributed by atoms with E-state index >= 15 is 0 Å². The van der Waals surface area contributed by atoms with Crippen LogP contribution in [0.4, 0.5) is 0 Å². The van der Waals surface area contributed by atoms with Crippen molar-refractivity contribution in [2.24, 2.45) is 10.7 Å². The van der Waals surface area contributed by atoms with Crippen molar-refractivity contribution in [1.29, 1.82) is 0 Å². The van der Waals surface area contributed by atoms with Gasteiger partial charge in [-0.2, -0.15) is 0 Å². The highest BCUT2D eigenvalue weighted by Crippen LogP contribution is 2.31. The number of nitrogens with zero attached hydrogens (tertiary/aromatic N) is 2. The molecular weight excluding hydrogens is 252 g/mol. The van der Waals surface area contributed by atoms with Gasteiger partial charge in [0.15, 0.2) is 5.96 Å². The van der Waals surface area contributed by atoms with Gasteiger partial charge in [0.2, 0.25) is 0 Å². The van der Waals surface area contributed by atoms with Crippen LogP contribution in [0.25, 0.3) is 0 Å². The molecule has 2 aliphatic heterocycles. The molecule has 2 heterocycles. The summed E-state index contributed by atoms with van der Waals surface area (Å²) < 4.78 is 5.54. The highest BCUT2D eigenvalue weighted by molar-refractivity contribution is 5.78. The number of nitrogens with two attached hydrogens (primary N) is 1. The lowest BCUT2D eigenvalue weighted by Gasteiger charge is -2.43. The monoisotopic (exact) mass is 280 g/mol. The van der Waals surface area contributed by atoms with E-state index in [0.29, 0.717) is 12.5 Å². The van der Waals surface area contributed by atoms with Crippen LogP contribution in [0.15, 0.2) is 17.1 Å². The van der Waals surface area contributed by atoms with Crippen molar-refractivity contribution in [2.45, 2.75) is 38.1 Å². The molecule has 5 nitrogen and oxygen atoms in total. The lowest BCUT2D eigenvalue weighted by molar-refractivity contribution is -0.0138. The van der Waals surface area contributed by atoms with Crippen molar-refractivity contribution < 1.29 is 4.74 Å². The first-order valence-electron chi connectivity index (χ1n) is 7.63. The third-order valence-electron chi connectivity index (χ3n) is 4.32. The summed E-state index contributed by atoms with van der Waals surface area (Å²) in [4.78, 5) is 7.18. The second-order valence-electron chi connectivity index (χ2n) is 6.04. The number of likely N-dealkylation sites (tertiary alicyclic amines) is 1. The quantitative estimate of drug-likeness (QED) is 0.450. The van der Waals surface area contributed by atoms with Gasteiger partial charge in [0.25, 0.3) is 0 Å². The Balaban J connectivity index is 1.96. The van der Waals surface area contributed by atoms with Gasteiger partial charge in [0.05, 0.1) is 6.54 Å². The predicted molar refractivity (Wildman–Crippen MR) is 82.9 cm³/mol. The van der Waals surface area contributed by atoms with Crippen molar-refractivity contribution in [3.8, 4) is 0 Å². The van der Waals surface area contributed by atoms with Crippen LogP contribution in [-0.2, 0) is 4.74 Å². The normalized spacial score (nSPS) is 23.8. The Morgan fingerprint density at radius 2 is 2.00 bits per heavy atom. The fourth-order valence-corrected chi connectivity index (χ4v) is 3.05. The van der Waals surface area contributed by atoms with E-state index in [-0.39, 0.29) is 5.54 Å². The molecule has 2 fully saturated rings. The molecule has 0 aromatic carbocycles. The molecule has 3 N–H and O–H groups in total. The first-order chi connectivity index (χ1) is 9.62. The van der Waals surface area contributed by atoms with Crippen LogP contribution in [0, 0.1) is 0 Å². The number of aliphatic imine (C=N–C) groups is 1. The van der Waals surface area contributed by atoms with Gasteiger partial charge in [-0.15, -0.1) is 0 Å². The summed E-state index contributed by atoms with van der Waals surface area (Å²) in [6.07, 6.45) is 4.72. The third-order valence-corrected chi connectivity index (χ3v) is 4.32. The minimum atomic E-state index is 0.157.